The topological polar surface area (TPSA) is 80.1 Å². The van der Waals surface area contributed by atoms with Crippen molar-refractivity contribution in [2.75, 3.05) is 25.9 Å². The Labute approximate surface area is 168 Å². The van der Waals surface area contributed by atoms with Gasteiger partial charge in [-0.25, -0.2) is 9.97 Å². The Kier molecular flexibility index (Phi) is 4.88. The Balaban J connectivity index is 1.78. The van der Waals surface area contributed by atoms with Crippen molar-refractivity contribution < 1.29 is 9.59 Å². The van der Waals surface area contributed by atoms with Crippen LogP contribution in [0.1, 0.15) is 10.4 Å². The second-order valence-corrected chi connectivity index (χ2v) is 7.84. The van der Waals surface area contributed by atoms with Gasteiger partial charge in [0, 0.05) is 47.5 Å². The van der Waals surface area contributed by atoms with Gasteiger partial charge in [0.1, 0.15) is 0 Å². The number of amides is 2. The minimum Gasteiger partial charge on any atom is -0.353 e. The lowest BCUT2D eigenvalue weighted by Gasteiger charge is -2.26. The number of halogens is 1. The van der Waals surface area contributed by atoms with Gasteiger partial charge in [-0.1, -0.05) is 6.07 Å². The van der Waals surface area contributed by atoms with Crippen molar-refractivity contribution in [1.29, 1.82) is 0 Å². The highest BCUT2D eigenvalue weighted by Crippen LogP contribution is 2.31. The molecule has 0 radical (unpaired) electrons. The number of nitrogens with one attached hydrogen (secondary N) is 1. The lowest BCUT2D eigenvalue weighted by Crippen LogP contribution is -2.49. The molecule has 27 heavy (non-hydrogen) atoms. The molecule has 3 aromatic rings. The highest BCUT2D eigenvalue weighted by Gasteiger charge is 2.23. The van der Waals surface area contributed by atoms with E-state index in [9.17, 15) is 9.59 Å². The largest absolute Gasteiger partial charge is 0.353 e. The zero-order valence-electron chi connectivity index (χ0n) is 14.5. The van der Waals surface area contributed by atoms with Crippen LogP contribution in [0.5, 0.6) is 0 Å². The summed E-state index contributed by atoms with van der Waals surface area (Å²) in [6, 6.07) is 5.59. The maximum absolute atomic E-state index is 12.9. The SMILES string of the molecule is CSc1cn(-c2ncc(Br)cn2)c2cc(C(=O)N3CCNC(=O)C3)ccc12. The van der Waals surface area contributed by atoms with Crippen LogP contribution in [0.25, 0.3) is 16.9 Å². The first-order valence-corrected chi connectivity index (χ1v) is 10.3. The van der Waals surface area contributed by atoms with Gasteiger partial charge in [-0.2, -0.15) is 0 Å². The van der Waals surface area contributed by atoms with E-state index in [0.717, 1.165) is 20.3 Å². The van der Waals surface area contributed by atoms with Crippen LogP contribution in [-0.2, 0) is 4.79 Å². The first-order chi connectivity index (χ1) is 13.1. The van der Waals surface area contributed by atoms with E-state index in [1.807, 2.05) is 35.2 Å². The molecule has 4 rings (SSSR count). The molecule has 1 aliphatic heterocycles. The van der Waals surface area contributed by atoms with Crippen molar-refractivity contribution in [3.63, 3.8) is 0 Å². The van der Waals surface area contributed by atoms with Crippen LogP contribution in [0.2, 0.25) is 0 Å². The van der Waals surface area contributed by atoms with Crippen LogP contribution in [-0.4, -0.2) is 57.1 Å². The summed E-state index contributed by atoms with van der Waals surface area (Å²) in [6.07, 6.45) is 7.36. The number of benzene rings is 1. The Morgan fingerprint density at radius 1 is 1.30 bits per heavy atom. The van der Waals surface area contributed by atoms with Crippen molar-refractivity contribution in [3.05, 3.63) is 46.8 Å². The van der Waals surface area contributed by atoms with E-state index in [1.165, 1.54) is 0 Å². The standard InChI is InChI=1S/C18H16BrN5O2S/c1-27-15-9-24(18-21-7-12(19)8-22-18)14-6-11(2-3-13(14)15)17(26)23-5-4-20-16(25)10-23/h2-3,6-9H,4-5,10H2,1H3,(H,20,25). The number of hydrogen-bond donors (Lipinski definition) is 1. The molecule has 0 aliphatic carbocycles. The molecule has 0 saturated carbocycles. The number of rotatable bonds is 3. The summed E-state index contributed by atoms with van der Waals surface area (Å²) in [5.41, 5.74) is 1.40. The molecule has 7 nitrogen and oxygen atoms in total. The van der Waals surface area contributed by atoms with E-state index in [-0.39, 0.29) is 18.4 Å². The molecule has 0 spiro atoms. The van der Waals surface area contributed by atoms with Gasteiger partial charge in [-0.3, -0.25) is 14.2 Å². The lowest BCUT2D eigenvalue weighted by atomic mass is 10.1. The van der Waals surface area contributed by atoms with Gasteiger partial charge < -0.3 is 10.2 Å². The predicted molar refractivity (Wildman–Crippen MR) is 107 cm³/mol. The molecule has 1 aromatic carbocycles. The third-order valence-electron chi connectivity index (χ3n) is 4.38. The molecule has 138 valence electrons. The van der Waals surface area contributed by atoms with E-state index in [1.54, 1.807) is 29.1 Å². The van der Waals surface area contributed by atoms with Crippen LogP contribution < -0.4 is 5.32 Å². The van der Waals surface area contributed by atoms with E-state index in [4.69, 9.17) is 0 Å². The monoisotopic (exact) mass is 445 g/mol. The smallest absolute Gasteiger partial charge is 0.254 e. The molecule has 1 N–H and O–H groups in total. The molecule has 0 unspecified atom stereocenters. The zero-order chi connectivity index (χ0) is 19.0. The number of carbonyl (C=O) groups excluding carboxylic acids is 2. The molecule has 1 aliphatic rings. The molecular weight excluding hydrogens is 430 g/mol. The Morgan fingerprint density at radius 2 is 2.07 bits per heavy atom. The summed E-state index contributed by atoms with van der Waals surface area (Å²) in [6.45, 7) is 1.08. The van der Waals surface area contributed by atoms with Gasteiger partial charge in [-0.15, -0.1) is 11.8 Å². The van der Waals surface area contributed by atoms with Crippen molar-refractivity contribution >= 4 is 50.4 Å². The number of piperazine rings is 1. The first-order valence-electron chi connectivity index (χ1n) is 8.30. The van der Waals surface area contributed by atoms with Gasteiger partial charge in [0.15, 0.2) is 0 Å². The third kappa shape index (κ3) is 3.44. The fourth-order valence-electron chi connectivity index (χ4n) is 3.08. The number of fused-ring (bicyclic) bond motifs is 1. The second kappa shape index (κ2) is 7.32. The molecule has 9 heteroatoms. The van der Waals surface area contributed by atoms with Crippen molar-refractivity contribution in [3.8, 4) is 5.95 Å². The number of nitrogens with zero attached hydrogens (tertiary/aromatic N) is 4. The second-order valence-electron chi connectivity index (χ2n) is 6.08. The van der Waals surface area contributed by atoms with Crippen LogP contribution in [0, 0.1) is 0 Å². The van der Waals surface area contributed by atoms with Crippen LogP contribution in [0.3, 0.4) is 0 Å². The molecule has 0 atom stereocenters. The molecule has 1 saturated heterocycles. The fraction of sp³-hybridized carbons (Fsp3) is 0.222. The quantitative estimate of drug-likeness (QED) is 0.626. The van der Waals surface area contributed by atoms with Crippen molar-refractivity contribution in [2.45, 2.75) is 4.90 Å². The van der Waals surface area contributed by atoms with Gasteiger partial charge in [0.2, 0.25) is 11.9 Å². The normalized spacial score (nSPS) is 14.4. The molecule has 2 aromatic heterocycles. The van der Waals surface area contributed by atoms with Crippen LogP contribution in [0.4, 0.5) is 0 Å². The minimum atomic E-state index is -0.151. The van der Waals surface area contributed by atoms with E-state index in [2.05, 4.69) is 31.2 Å². The van der Waals surface area contributed by atoms with Crippen LogP contribution >= 0.6 is 27.7 Å². The van der Waals surface area contributed by atoms with E-state index in [0.29, 0.717) is 24.6 Å². The van der Waals surface area contributed by atoms with Gasteiger partial charge in [0.25, 0.3) is 5.91 Å². The Hall–Kier alpha value is -2.39. The Morgan fingerprint density at radius 3 is 2.78 bits per heavy atom. The lowest BCUT2D eigenvalue weighted by molar-refractivity contribution is -0.123. The average molecular weight is 446 g/mol. The highest BCUT2D eigenvalue weighted by molar-refractivity contribution is 9.10. The Bertz CT molecular complexity index is 1030. The first kappa shape index (κ1) is 18.0. The van der Waals surface area contributed by atoms with E-state index >= 15 is 0 Å². The summed E-state index contributed by atoms with van der Waals surface area (Å²) in [5, 5.41) is 3.76. The molecule has 1 fully saturated rings. The number of hydrogen-bond acceptors (Lipinski definition) is 5. The number of aromatic nitrogens is 3. The maximum Gasteiger partial charge on any atom is 0.254 e. The maximum atomic E-state index is 12.9. The van der Waals surface area contributed by atoms with Crippen molar-refractivity contribution in [2.24, 2.45) is 0 Å². The molecule has 3 heterocycles. The van der Waals surface area contributed by atoms with Crippen LogP contribution in [0.15, 0.2) is 46.2 Å². The van der Waals surface area contributed by atoms with E-state index < -0.39 is 0 Å². The zero-order valence-corrected chi connectivity index (χ0v) is 16.9. The summed E-state index contributed by atoms with van der Waals surface area (Å²) < 4.78 is 2.68. The highest BCUT2D eigenvalue weighted by atomic mass is 79.9. The number of thioether (sulfide) groups is 1. The summed E-state index contributed by atoms with van der Waals surface area (Å²) in [7, 11) is 0. The minimum absolute atomic E-state index is 0.0871. The van der Waals surface area contributed by atoms with Crippen molar-refractivity contribution in [1.82, 2.24) is 24.8 Å². The number of carbonyl (C=O) groups is 2. The third-order valence-corrected chi connectivity index (χ3v) is 5.56. The predicted octanol–water partition coefficient (Wildman–Crippen LogP) is 2.48. The molecule has 2 amide bonds. The van der Waals surface area contributed by atoms with Gasteiger partial charge in [0.05, 0.1) is 16.5 Å². The van der Waals surface area contributed by atoms with Gasteiger partial charge in [-0.05, 0) is 34.3 Å². The molecule has 0 bridgehead atoms. The summed E-state index contributed by atoms with van der Waals surface area (Å²) in [5.74, 6) is 0.249. The average Bonchev–Trinajstić information content (AvgIpc) is 3.06. The summed E-state index contributed by atoms with van der Waals surface area (Å²) in [4.78, 5) is 35.8. The van der Waals surface area contributed by atoms with Gasteiger partial charge >= 0.3 is 0 Å². The molecular formula is C18H16BrN5O2S. The fourth-order valence-corrected chi connectivity index (χ4v) is 3.89. The summed E-state index contributed by atoms with van der Waals surface area (Å²) >= 11 is 4.97.